The van der Waals surface area contributed by atoms with Crippen LogP contribution in [-0.4, -0.2) is 26.5 Å². The van der Waals surface area contributed by atoms with E-state index in [2.05, 4.69) is 21.6 Å². The quantitative estimate of drug-likeness (QED) is 0.467. The number of nitrogens with one attached hydrogen (secondary N) is 1. The van der Waals surface area contributed by atoms with Crippen molar-refractivity contribution in [3.63, 3.8) is 0 Å². The number of fused-ring (bicyclic) bond motifs is 1. The Labute approximate surface area is 185 Å². The van der Waals surface area contributed by atoms with E-state index in [9.17, 15) is 9.59 Å². The molecule has 4 aromatic rings. The Morgan fingerprint density at radius 1 is 1.09 bits per heavy atom. The largest absolute Gasteiger partial charge is 0.491 e. The fourth-order valence-electron chi connectivity index (χ4n) is 3.68. The monoisotopic (exact) mass is 430 g/mol. The molecule has 2 aromatic carbocycles. The van der Waals surface area contributed by atoms with Crippen LogP contribution in [-0.2, 0) is 0 Å². The molecule has 0 aliphatic rings. The minimum absolute atomic E-state index is 0.167. The number of aryl methyl sites for hydroxylation is 1. The van der Waals surface area contributed by atoms with Crippen LogP contribution in [0.25, 0.3) is 16.6 Å². The number of aromatic nitrogens is 3. The third-order valence-electron chi connectivity index (χ3n) is 5.57. The Balaban J connectivity index is 1.67. The van der Waals surface area contributed by atoms with Gasteiger partial charge in [0, 0.05) is 22.6 Å². The van der Waals surface area contributed by atoms with Gasteiger partial charge in [-0.05, 0) is 69.7 Å². The van der Waals surface area contributed by atoms with Gasteiger partial charge in [0.25, 0.3) is 5.56 Å². The van der Waals surface area contributed by atoms with Crippen molar-refractivity contribution < 1.29 is 4.74 Å². The zero-order valence-electron chi connectivity index (χ0n) is 18.6. The summed E-state index contributed by atoms with van der Waals surface area (Å²) in [4.78, 5) is 27.7. The van der Waals surface area contributed by atoms with Crippen LogP contribution in [0.2, 0.25) is 0 Å². The van der Waals surface area contributed by atoms with Gasteiger partial charge in [-0.3, -0.25) is 4.79 Å². The van der Waals surface area contributed by atoms with E-state index in [0.717, 1.165) is 39.5 Å². The van der Waals surface area contributed by atoms with Crippen LogP contribution >= 0.6 is 0 Å². The molecule has 0 aliphatic carbocycles. The lowest BCUT2D eigenvalue weighted by atomic mass is 10.2. The van der Waals surface area contributed by atoms with E-state index in [-0.39, 0.29) is 6.10 Å². The lowest BCUT2D eigenvalue weighted by Crippen LogP contribution is -2.32. The second-order valence-corrected chi connectivity index (χ2v) is 7.83. The highest BCUT2D eigenvalue weighted by Crippen LogP contribution is 2.23. The summed E-state index contributed by atoms with van der Waals surface area (Å²) in [6, 6.07) is 16.8. The molecule has 0 saturated heterocycles. The highest BCUT2D eigenvalue weighted by atomic mass is 16.5. The fraction of sp³-hybridized carbons (Fsp3) is 0.240. The summed E-state index contributed by atoms with van der Waals surface area (Å²) in [7, 11) is 0. The SMILES string of the molecule is CC[C@H](C)Oc1ccc(-n2c(C)cc(C=Nn3c(=O)[nH]c4ccccc4c3=O)c2C)cc1. The van der Waals surface area contributed by atoms with Gasteiger partial charge in [0.15, 0.2) is 0 Å². The van der Waals surface area contributed by atoms with Crippen molar-refractivity contribution in [1.29, 1.82) is 0 Å². The van der Waals surface area contributed by atoms with Crippen LogP contribution in [0.3, 0.4) is 0 Å². The molecule has 0 radical (unpaired) electrons. The third kappa shape index (κ3) is 4.01. The first-order chi connectivity index (χ1) is 15.4. The zero-order valence-corrected chi connectivity index (χ0v) is 18.6. The van der Waals surface area contributed by atoms with Gasteiger partial charge >= 0.3 is 5.69 Å². The molecule has 0 amide bonds. The summed E-state index contributed by atoms with van der Waals surface area (Å²) in [6.45, 7) is 8.12. The van der Waals surface area contributed by atoms with E-state index < -0.39 is 11.2 Å². The smallest absolute Gasteiger partial charge is 0.349 e. The Kier molecular flexibility index (Phi) is 5.81. The van der Waals surface area contributed by atoms with Crippen LogP contribution in [0.1, 0.15) is 37.2 Å². The molecule has 1 atom stereocenters. The number of hydrogen-bond donors (Lipinski definition) is 1. The summed E-state index contributed by atoms with van der Waals surface area (Å²) in [5, 5.41) is 4.60. The molecule has 0 bridgehead atoms. The predicted molar refractivity (Wildman–Crippen MR) is 127 cm³/mol. The van der Waals surface area contributed by atoms with Crippen LogP contribution in [0.5, 0.6) is 5.75 Å². The third-order valence-corrected chi connectivity index (χ3v) is 5.57. The van der Waals surface area contributed by atoms with E-state index in [4.69, 9.17) is 4.74 Å². The highest BCUT2D eigenvalue weighted by Gasteiger charge is 2.11. The van der Waals surface area contributed by atoms with Crippen molar-refractivity contribution in [1.82, 2.24) is 14.2 Å². The number of ether oxygens (including phenoxy) is 1. The van der Waals surface area contributed by atoms with Crippen LogP contribution < -0.4 is 16.0 Å². The average molecular weight is 431 g/mol. The molecule has 32 heavy (non-hydrogen) atoms. The van der Waals surface area contributed by atoms with Crippen LogP contribution in [0.15, 0.2) is 69.3 Å². The lowest BCUT2D eigenvalue weighted by molar-refractivity contribution is 0.217. The number of benzene rings is 2. The molecule has 7 nitrogen and oxygen atoms in total. The van der Waals surface area contributed by atoms with E-state index in [1.807, 2.05) is 51.1 Å². The molecule has 0 spiro atoms. The Hall–Kier alpha value is -3.87. The second-order valence-electron chi connectivity index (χ2n) is 7.83. The molecule has 2 heterocycles. The van der Waals surface area contributed by atoms with Crippen molar-refractivity contribution in [2.75, 3.05) is 0 Å². The van der Waals surface area contributed by atoms with Crippen molar-refractivity contribution in [3.8, 4) is 11.4 Å². The van der Waals surface area contributed by atoms with Crippen LogP contribution in [0.4, 0.5) is 0 Å². The highest BCUT2D eigenvalue weighted by molar-refractivity contribution is 5.82. The molecule has 0 saturated carbocycles. The Morgan fingerprint density at radius 2 is 1.81 bits per heavy atom. The van der Waals surface area contributed by atoms with Crippen molar-refractivity contribution in [2.24, 2.45) is 5.10 Å². The van der Waals surface area contributed by atoms with Crippen LogP contribution in [0, 0.1) is 13.8 Å². The summed E-state index contributed by atoms with van der Waals surface area (Å²) >= 11 is 0. The van der Waals surface area contributed by atoms with E-state index in [1.54, 1.807) is 30.5 Å². The van der Waals surface area contributed by atoms with Gasteiger partial charge in [-0.15, -0.1) is 4.68 Å². The molecular formula is C25H26N4O3. The van der Waals surface area contributed by atoms with Crippen molar-refractivity contribution in [3.05, 3.63) is 92.4 Å². The fourth-order valence-corrected chi connectivity index (χ4v) is 3.68. The van der Waals surface area contributed by atoms with E-state index in [0.29, 0.717) is 10.9 Å². The topological polar surface area (TPSA) is 81.4 Å². The molecule has 0 unspecified atom stereocenters. The predicted octanol–water partition coefficient (Wildman–Crippen LogP) is 4.16. The summed E-state index contributed by atoms with van der Waals surface area (Å²) in [5.41, 5.74) is 3.25. The minimum atomic E-state index is -0.573. The Morgan fingerprint density at radius 3 is 2.53 bits per heavy atom. The number of H-pyrrole nitrogens is 1. The van der Waals surface area contributed by atoms with Gasteiger partial charge in [0.1, 0.15) is 5.75 Å². The number of aromatic amines is 1. The van der Waals surface area contributed by atoms with Crippen molar-refractivity contribution in [2.45, 2.75) is 40.2 Å². The molecule has 1 N–H and O–H groups in total. The molecule has 2 aromatic heterocycles. The second kappa shape index (κ2) is 8.70. The normalized spacial score (nSPS) is 12.5. The molecule has 7 heteroatoms. The van der Waals surface area contributed by atoms with Gasteiger partial charge in [-0.1, -0.05) is 19.1 Å². The lowest BCUT2D eigenvalue weighted by Gasteiger charge is -2.14. The van der Waals surface area contributed by atoms with E-state index >= 15 is 0 Å². The summed E-state index contributed by atoms with van der Waals surface area (Å²) in [6.07, 6.45) is 2.66. The molecule has 0 aliphatic heterocycles. The Bertz CT molecular complexity index is 1410. The van der Waals surface area contributed by atoms with Gasteiger partial charge in [0.2, 0.25) is 0 Å². The first-order valence-electron chi connectivity index (χ1n) is 10.6. The first-order valence-corrected chi connectivity index (χ1v) is 10.6. The van der Waals surface area contributed by atoms with Gasteiger partial charge in [-0.2, -0.15) is 5.10 Å². The van der Waals surface area contributed by atoms with Crippen molar-refractivity contribution >= 4 is 17.1 Å². The average Bonchev–Trinajstić information content (AvgIpc) is 3.07. The molecule has 0 fully saturated rings. The molecule has 164 valence electrons. The van der Waals surface area contributed by atoms with E-state index in [1.165, 1.54) is 0 Å². The van der Waals surface area contributed by atoms with Gasteiger partial charge in [0.05, 0.1) is 23.2 Å². The maximum absolute atomic E-state index is 12.7. The number of nitrogens with zero attached hydrogens (tertiary/aromatic N) is 3. The maximum atomic E-state index is 12.7. The summed E-state index contributed by atoms with van der Waals surface area (Å²) < 4.78 is 8.82. The standard InChI is InChI=1S/C25H26N4O3/c1-5-17(3)32-21-12-10-20(11-13-21)28-16(2)14-19(18(28)4)15-26-29-24(30)22-8-6-7-9-23(22)27-25(29)31/h6-15,17H,5H2,1-4H3,(H,27,31)/t17-/m0/s1. The zero-order chi connectivity index (χ0) is 22.8. The minimum Gasteiger partial charge on any atom is -0.491 e. The number of para-hydroxylation sites is 1. The number of hydrogen-bond acceptors (Lipinski definition) is 4. The molecule has 4 rings (SSSR count). The maximum Gasteiger partial charge on any atom is 0.349 e. The van der Waals surface area contributed by atoms with Gasteiger partial charge in [-0.25, -0.2) is 4.79 Å². The summed E-state index contributed by atoms with van der Waals surface area (Å²) in [5.74, 6) is 0.835. The molecular weight excluding hydrogens is 404 g/mol. The van der Waals surface area contributed by atoms with Gasteiger partial charge < -0.3 is 14.3 Å². The number of rotatable bonds is 6. The first kappa shape index (κ1) is 21.4.